The van der Waals surface area contributed by atoms with Gasteiger partial charge in [-0.25, -0.2) is 0 Å². The maximum atomic E-state index is 5.86. The molecule has 94 valence electrons. The van der Waals surface area contributed by atoms with Crippen LogP contribution in [-0.4, -0.2) is 17.5 Å². The lowest BCUT2D eigenvalue weighted by Crippen LogP contribution is -2.41. The van der Waals surface area contributed by atoms with Gasteiger partial charge in [-0.1, -0.05) is 19.1 Å². The number of piperidine rings is 1. The Kier molecular flexibility index (Phi) is 3.72. The first-order valence-electron chi connectivity index (χ1n) is 6.69. The molecule has 0 aliphatic carbocycles. The fraction of sp³-hybridized carbons (Fsp3) is 0.600. The third kappa shape index (κ3) is 2.81. The van der Waals surface area contributed by atoms with Gasteiger partial charge in [0.05, 0.1) is 0 Å². The van der Waals surface area contributed by atoms with Crippen LogP contribution in [0.25, 0.3) is 0 Å². The van der Waals surface area contributed by atoms with Gasteiger partial charge in [-0.2, -0.15) is 0 Å². The van der Waals surface area contributed by atoms with E-state index >= 15 is 0 Å². The first-order chi connectivity index (χ1) is 8.08. The maximum absolute atomic E-state index is 5.86. The quantitative estimate of drug-likeness (QED) is 0.791. The topological polar surface area (TPSA) is 29.3 Å². The van der Waals surface area contributed by atoms with Crippen molar-refractivity contribution in [2.45, 2.75) is 45.7 Å². The van der Waals surface area contributed by atoms with Crippen molar-refractivity contribution < 1.29 is 0 Å². The summed E-state index contributed by atoms with van der Waals surface area (Å²) in [7, 11) is 0. The summed E-state index contributed by atoms with van der Waals surface area (Å²) in [6, 6.07) is 9.45. The van der Waals surface area contributed by atoms with Crippen molar-refractivity contribution >= 4 is 5.69 Å². The minimum atomic E-state index is 0.473. The fourth-order valence-corrected chi connectivity index (χ4v) is 3.01. The fourth-order valence-electron chi connectivity index (χ4n) is 3.01. The predicted molar refractivity (Wildman–Crippen MR) is 73.8 cm³/mol. The van der Waals surface area contributed by atoms with Crippen molar-refractivity contribution in [1.82, 2.24) is 4.90 Å². The average Bonchev–Trinajstić information content (AvgIpc) is 2.28. The Balaban J connectivity index is 2.12. The monoisotopic (exact) mass is 232 g/mol. The summed E-state index contributed by atoms with van der Waals surface area (Å²) in [5, 5.41) is 0. The summed E-state index contributed by atoms with van der Waals surface area (Å²) in [5.74, 6) is 0.870. The Hall–Kier alpha value is -1.02. The highest BCUT2D eigenvalue weighted by atomic mass is 15.2. The molecule has 1 fully saturated rings. The molecule has 2 rings (SSSR count). The SMILES string of the molecule is CC1CCN(C(C)c2cccc(N)c2)C(C)C1. The number of nitrogens with zero attached hydrogens (tertiary/aromatic N) is 1. The molecule has 17 heavy (non-hydrogen) atoms. The summed E-state index contributed by atoms with van der Waals surface area (Å²) < 4.78 is 0. The summed E-state index contributed by atoms with van der Waals surface area (Å²) in [5.41, 5.74) is 8.07. The molecule has 1 saturated heterocycles. The molecule has 1 aromatic rings. The molecule has 0 spiro atoms. The van der Waals surface area contributed by atoms with Gasteiger partial charge in [0, 0.05) is 17.8 Å². The van der Waals surface area contributed by atoms with Gasteiger partial charge in [0.15, 0.2) is 0 Å². The average molecular weight is 232 g/mol. The molecule has 0 bridgehead atoms. The van der Waals surface area contributed by atoms with Crippen molar-refractivity contribution in [2.75, 3.05) is 12.3 Å². The van der Waals surface area contributed by atoms with Crippen LogP contribution < -0.4 is 5.73 Å². The van der Waals surface area contributed by atoms with Gasteiger partial charge < -0.3 is 5.73 Å². The molecule has 1 heterocycles. The molecular formula is C15H24N2. The zero-order valence-corrected chi connectivity index (χ0v) is 11.2. The highest BCUT2D eigenvalue weighted by molar-refractivity contribution is 5.41. The molecule has 2 nitrogen and oxygen atoms in total. The number of benzene rings is 1. The minimum Gasteiger partial charge on any atom is -0.399 e. The largest absolute Gasteiger partial charge is 0.399 e. The lowest BCUT2D eigenvalue weighted by molar-refractivity contribution is 0.0895. The van der Waals surface area contributed by atoms with Crippen molar-refractivity contribution in [3.8, 4) is 0 Å². The van der Waals surface area contributed by atoms with E-state index in [9.17, 15) is 0 Å². The van der Waals surface area contributed by atoms with Gasteiger partial charge in [-0.05, 0) is 56.8 Å². The smallest absolute Gasteiger partial charge is 0.0323 e. The maximum Gasteiger partial charge on any atom is 0.0323 e. The lowest BCUT2D eigenvalue weighted by Gasteiger charge is -2.40. The van der Waals surface area contributed by atoms with E-state index < -0.39 is 0 Å². The molecule has 0 radical (unpaired) electrons. The molecule has 1 aromatic carbocycles. The number of hydrogen-bond donors (Lipinski definition) is 1. The summed E-state index contributed by atoms with van der Waals surface area (Å²) >= 11 is 0. The predicted octanol–water partition coefficient (Wildman–Crippen LogP) is 3.45. The molecule has 3 atom stereocenters. The standard InChI is InChI=1S/C15H24N2/c1-11-7-8-17(12(2)9-11)13(3)14-5-4-6-15(16)10-14/h4-6,10-13H,7-9,16H2,1-3H3. The normalized spacial score (nSPS) is 27.9. The van der Waals surface area contributed by atoms with Crippen LogP contribution in [0.15, 0.2) is 24.3 Å². The molecular weight excluding hydrogens is 208 g/mol. The number of likely N-dealkylation sites (tertiary alicyclic amines) is 1. The molecule has 1 aliphatic heterocycles. The molecule has 0 aromatic heterocycles. The van der Waals surface area contributed by atoms with E-state index in [1.165, 1.54) is 24.9 Å². The van der Waals surface area contributed by atoms with Crippen molar-refractivity contribution in [3.05, 3.63) is 29.8 Å². The van der Waals surface area contributed by atoms with Crippen LogP contribution in [0.1, 0.15) is 45.2 Å². The molecule has 2 heteroatoms. The second-order valence-electron chi connectivity index (χ2n) is 5.56. The van der Waals surface area contributed by atoms with Crippen LogP contribution >= 0.6 is 0 Å². The van der Waals surface area contributed by atoms with Gasteiger partial charge in [0.2, 0.25) is 0 Å². The van der Waals surface area contributed by atoms with Crippen molar-refractivity contribution in [1.29, 1.82) is 0 Å². The van der Waals surface area contributed by atoms with Gasteiger partial charge >= 0.3 is 0 Å². The Morgan fingerprint density at radius 2 is 2.12 bits per heavy atom. The summed E-state index contributed by atoms with van der Waals surface area (Å²) in [6.07, 6.45) is 2.63. The van der Waals surface area contributed by atoms with Crippen molar-refractivity contribution in [2.24, 2.45) is 5.92 Å². The van der Waals surface area contributed by atoms with Crippen LogP contribution in [0.4, 0.5) is 5.69 Å². The van der Waals surface area contributed by atoms with Gasteiger partial charge in [-0.3, -0.25) is 4.90 Å². The number of rotatable bonds is 2. The van der Waals surface area contributed by atoms with E-state index in [1.54, 1.807) is 0 Å². The lowest BCUT2D eigenvalue weighted by atomic mass is 9.91. The third-order valence-electron chi connectivity index (χ3n) is 4.08. The highest BCUT2D eigenvalue weighted by Crippen LogP contribution is 2.30. The number of hydrogen-bond acceptors (Lipinski definition) is 2. The minimum absolute atomic E-state index is 0.473. The zero-order valence-electron chi connectivity index (χ0n) is 11.2. The Labute approximate surface area is 105 Å². The zero-order chi connectivity index (χ0) is 12.4. The van der Waals surface area contributed by atoms with E-state index in [1.807, 2.05) is 6.07 Å². The Morgan fingerprint density at radius 1 is 1.35 bits per heavy atom. The second-order valence-corrected chi connectivity index (χ2v) is 5.56. The van der Waals surface area contributed by atoms with Crippen LogP contribution in [0.2, 0.25) is 0 Å². The molecule has 1 aliphatic rings. The molecule has 2 N–H and O–H groups in total. The van der Waals surface area contributed by atoms with E-state index in [0.717, 1.165) is 11.6 Å². The van der Waals surface area contributed by atoms with E-state index in [2.05, 4.69) is 43.9 Å². The second kappa shape index (κ2) is 5.09. The number of nitrogens with two attached hydrogens (primary N) is 1. The van der Waals surface area contributed by atoms with Crippen LogP contribution in [-0.2, 0) is 0 Å². The third-order valence-corrected chi connectivity index (χ3v) is 4.08. The summed E-state index contributed by atoms with van der Waals surface area (Å²) in [6.45, 7) is 8.21. The van der Waals surface area contributed by atoms with Crippen LogP contribution in [0.5, 0.6) is 0 Å². The first-order valence-corrected chi connectivity index (χ1v) is 6.69. The molecule has 0 amide bonds. The Morgan fingerprint density at radius 3 is 2.76 bits per heavy atom. The number of anilines is 1. The Bertz CT molecular complexity index is 375. The van der Waals surface area contributed by atoms with E-state index in [4.69, 9.17) is 5.73 Å². The first kappa shape index (κ1) is 12.4. The van der Waals surface area contributed by atoms with Crippen molar-refractivity contribution in [3.63, 3.8) is 0 Å². The van der Waals surface area contributed by atoms with Crippen LogP contribution in [0.3, 0.4) is 0 Å². The molecule has 3 unspecified atom stereocenters. The van der Waals surface area contributed by atoms with Gasteiger partial charge in [-0.15, -0.1) is 0 Å². The molecule has 0 saturated carbocycles. The van der Waals surface area contributed by atoms with E-state index in [-0.39, 0.29) is 0 Å². The summed E-state index contributed by atoms with van der Waals surface area (Å²) in [4.78, 5) is 2.61. The van der Waals surface area contributed by atoms with Gasteiger partial charge in [0.1, 0.15) is 0 Å². The van der Waals surface area contributed by atoms with Crippen LogP contribution in [0, 0.1) is 5.92 Å². The highest BCUT2D eigenvalue weighted by Gasteiger charge is 2.27. The van der Waals surface area contributed by atoms with E-state index in [0.29, 0.717) is 12.1 Å². The van der Waals surface area contributed by atoms with Gasteiger partial charge in [0.25, 0.3) is 0 Å². The number of nitrogen functional groups attached to an aromatic ring is 1.